The van der Waals surface area contributed by atoms with Gasteiger partial charge in [-0.2, -0.15) is 0 Å². The summed E-state index contributed by atoms with van der Waals surface area (Å²) in [7, 11) is 2.10. The zero-order valence-corrected chi connectivity index (χ0v) is 15.3. The summed E-state index contributed by atoms with van der Waals surface area (Å²) in [6.07, 6.45) is 0.994. The lowest BCUT2D eigenvalue weighted by molar-refractivity contribution is -0.385. The highest BCUT2D eigenvalue weighted by atomic mass is 79.9. The molecule has 0 amide bonds. The van der Waals surface area contributed by atoms with Gasteiger partial charge in [0.2, 0.25) is 0 Å². The van der Waals surface area contributed by atoms with Crippen LogP contribution in [-0.2, 0) is 13.1 Å². The summed E-state index contributed by atoms with van der Waals surface area (Å²) in [5, 5.41) is 14.4. The van der Waals surface area contributed by atoms with Crippen molar-refractivity contribution in [2.75, 3.05) is 20.1 Å². The minimum Gasteiger partial charge on any atom is -0.312 e. The van der Waals surface area contributed by atoms with Gasteiger partial charge in [-0.15, -0.1) is 0 Å². The van der Waals surface area contributed by atoms with Crippen LogP contribution in [0, 0.1) is 10.1 Å². The lowest BCUT2D eigenvalue weighted by Gasteiger charge is -2.16. The molecule has 0 aliphatic carbocycles. The van der Waals surface area contributed by atoms with Crippen LogP contribution in [-0.4, -0.2) is 30.0 Å². The highest BCUT2D eigenvalue weighted by Crippen LogP contribution is 2.23. The second-order valence-corrected chi connectivity index (χ2v) is 6.70. The predicted molar refractivity (Wildman–Crippen MR) is 99.9 cm³/mol. The van der Waals surface area contributed by atoms with Crippen molar-refractivity contribution in [3.8, 4) is 0 Å². The third-order valence-electron chi connectivity index (χ3n) is 3.75. The Morgan fingerprint density at radius 2 is 1.96 bits per heavy atom. The van der Waals surface area contributed by atoms with Crippen LogP contribution in [0.1, 0.15) is 17.5 Å². The van der Waals surface area contributed by atoms with Gasteiger partial charge in [-0.3, -0.25) is 10.1 Å². The van der Waals surface area contributed by atoms with Crippen molar-refractivity contribution in [3.63, 3.8) is 0 Å². The van der Waals surface area contributed by atoms with Crippen LogP contribution < -0.4 is 5.32 Å². The number of nitrogens with one attached hydrogen (secondary N) is 1. The van der Waals surface area contributed by atoms with Crippen LogP contribution in [0.4, 0.5) is 5.69 Å². The Balaban J connectivity index is 1.71. The highest BCUT2D eigenvalue weighted by Gasteiger charge is 2.13. The molecular weight excluding hydrogens is 370 g/mol. The molecule has 0 spiro atoms. The Morgan fingerprint density at radius 1 is 1.21 bits per heavy atom. The maximum absolute atomic E-state index is 11.1. The molecule has 0 aliphatic rings. The Labute approximate surface area is 151 Å². The summed E-state index contributed by atoms with van der Waals surface area (Å²) < 4.78 is 0.723. The van der Waals surface area contributed by atoms with Crippen molar-refractivity contribution < 1.29 is 4.92 Å². The number of hydrogen-bond acceptors (Lipinski definition) is 4. The third kappa shape index (κ3) is 6.03. The second kappa shape index (κ2) is 9.52. The molecule has 0 saturated heterocycles. The largest absolute Gasteiger partial charge is 0.312 e. The van der Waals surface area contributed by atoms with Crippen molar-refractivity contribution in [1.82, 2.24) is 10.2 Å². The molecule has 24 heavy (non-hydrogen) atoms. The fourth-order valence-corrected chi connectivity index (χ4v) is 2.88. The summed E-state index contributed by atoms with van der Waals surface area (Å²) in [5.74, 6) is 0. The first-order chi connectivity index (χ1) is 11.6. The summed E-state index contributed by atoms with van der Waals surface area (Å²) in [6.45, 7) is 3.24. The average Bonchev–Trinajstić information content (AvgIpc) is 2.56. The van der Waals surface area contributed by atoms with Crippen molar-refractivity contribution in [2.24, 2.45) is 0 Å². The van der Waals surface area contributed by atoms with Crippen LogP contribution in [0.5, 0.6) is 0 Å². The minimum absolute atomic E-state index is 0.151. The molecule has 0 atom stereocenters. The van der Waals surface area contributed by atoms with Gasteiger partial charge in [0.05, 0.1) is 4.92 Å². The molecule has 5 nitrogen and oxygen atoms in total. The molecule has 0 unspecified atom stereocenters. The molecule has 6 heteroatoms. The van der Waals surface area contributed by atoms with Crippen molar-refractivity contribution >= 4 is 21.6 Å². The van der Waals surface area contributed by atoms with E-state index in [-0.39, 0.29) is 10.6 Å². The van der Waals surface area contributed by atoms with Gasteiger partial charge in [0.15, 0.2) is 0 Å². The van der Waals surface area contributed by atoms with E-state index in [2.05, 4.69) is 57.5 Å². The van der Waals surface area contributed by atoms with Crippen molar-refractivity contribution in [3.05, 3.63) is 74.2 Å². The molecule has 0 aromatic heterocycles. The topological polar surface area (TPSA) is 58.4 Å². The minimum atomic E-state index is -0.338. The molecule has 0 radical (unpaired) electrons. The first kappa shape index (κ1) is 18.6. The van der Waals surface area contributed by atoms with Gasteiger partial charge in [-0.05, 0) is 44.3 Å². The lowest BCUT2D eigenvalue weighted by Crippen LogP contribution is -2.24. The molecule has 0 bridgehead atoms. The molecule has 0 aliphatic heterocycles. The van der Waals surface area contributed by atoms with E-state index in [1.807, 2.05) is 12.1 Å². The second-order valence-electron chi connectivity index (χ2n) is 5.78. The molecule has 128 valence electrons. The Morgan fingerprint density at radius 3 is 2.67 bits per heavy atom. The van der Waals surface area contributed by atoms with Gasteiger partial charge in [-0.1, -0.05) is 46.3 Å². The molecule has 2 aromatic rings. The number of nitro groups is 1. The number of halogens is 1. The first-order valence-electron chi connectivity index (χ1n) is 7.92. The molecular formula is C18H22BrN3O2. The molecule has 0 fully saturated rings. The van der Waals surface area contributed by atoms with Gasteiger partial charge in [-0.25, -0.2) is 0 Å². The van der Waals surface area contributed by atoms with Crippen molar-refractivity contribution in [1.29, 1.82) is 0 Å². The summed E-state index contributed by atoms with van der Waals surface area (Å²) in [5.41, 5.74) is 2.16. The first-order valence-corrected chi connectivity index (χ1v) is 8.71. The van der Waals surface area contributed by atoms with Gasteiger partial charge in [0, 0.05) is 29.2 Å². The van der Waals surface area contributed by atoms with Crippen LogP contribution in [0.15, 0.2) is 53.0 Å². The number of nitrogens with zero attached hydrogens (tertiary/aromatic N) is 2. The van der Waals surface area contributed by atoms with E-state index in [0.29, 0.717) is 12.1 Å². The van der Waals surface area contributed by atoms with Gasteiger partial charge >= 0.3 is 0 Å². The zero-order valence-electron chi connectivity index (χ0n) is 13.7. The fourth-order valence-electron chi connectivity index (χ4n) is 2.53. The monoisotopic (exact) mass is 391 g/mol. The van der Waals surface area contributed by atoms with E-state index in [9.17, 15) is 10.1 Å². The van der Waals surface area contributed by atoms with E-state index in [0.717, 1.165) is 30.5 Å². The molecule has 0 saturated carbocycles. The SMILES string of the molecule is CN(CCCNCc1ccc(Br)cc1[N+](=O)[O-])Cc1ccccc1. The highest BCUT2D eigenvalue weighted by molar-refractivity contribution is 9.10. The van der Waals surface area contributed by atoms with Crippen LogP contribution in [0.25, 0.3) is 0 Å². The average molecular weight is 392 g/mol. The Hall–Kier alpha value is -1.76. The smallest absolute Gasteiger partial charge is 0.275 e. The van der Waals surface area contributed by atoms with E-state index in [1.165, 1.54) is 5.56 Å². The van der Waals surface area contributed by atoms with E-state index in [4.69, 9.17) is 0 Å². The maximum Gasteiger partial charge on any atom is 0.275 e. The van der Waals surface area contributed by atoms with Crippen LogP contribution in [0.3, 0.4) is 0 Å². The number of hydrogen-bond donors (Lipinski definition) is 1. The quantitative estimate of drug-likeness (QED) is 0.399. The molecule has 1 N–H and O–H groups in total. The van der Waals surface area contributed by atoms with Crippen LogP contribution >= 0.6 is 15.9 Å². The maximum atomic E-state index is 11.1. The molecule has 0 heterocycles. The number of rotatable bonds is 9. The normalized spacial score (nSPS) is 11.0. The zero-order chi connectivity index (χ0) is 17.4. The molecule has 2 aromatic carbocycles. The standard InChI is InChI=1S/C18H22BrN3O2/c1-21(14-15-6-3-2-4-7-15)11-5-10-20-13-16-8-9-17(19)12-18(16)22(23)24/h2-4,6-9,12,20H,5,10-11,13-14H2,1H3. The van der Waals surface area contributed by atoms with E-state index >= 15 is 0 Å². The van der Waals surface area contributed by atoms with Gasteiger partial charge < -0.3 is 10.2 Å². The number of nitro benzene ring substituents is 1. The van der Waals surface area contributed by atoms with E-state index in [1.54, 1.807) is 12.1 Å². The van der Waals surface area contributed by atoms with Crippen molar-refractivity contribution in [2.45, 2.75) is 19.5 Å². The van der Waals surface area contributed by atoms with Crippen LogP contribution in [0.2, 0.25) is 0 Å². The number of benzene rings is 2. The lowest BCUT2D eigenvalue weighted by atomic mass is 10.2. The third-order valence-corrected chi connectivity index (χ3v) is 4.24. The van der Waals surface area contributed by atoms with Gasteiger partial charge in [0.25, 0.3) is 5.69 Å². The fraction of sp³-hybridized carbons (Fsp3) is 0.333. The Kier molecular flexibility index (Phi) is 7.36. The summed E-state index contributed by atoms with van der Waals surface area (Å²) in [6, 6.07) is 15.5. The van der Waals surface area contributed by atoms with Gasteiger partial charge in [0.1, 0.15) is 0 Å². The predicted octanol–water partition coefficient (Wildman–Crippen LogP) is 3.97. The Bertz CT molecular complexity index is 665. The summed E-state index contributed by atoms with van der Waals surface area (Å²) in [4.78, 5) is 13.0. The van der Waals surface area contributed by atoms with E-state index < -0.39 is 0 Å². The summed E-state index contributed by atoms with van der Waals surface area (Å²) >= 11 is 3.27. The molecule has 2 rings (SSSR count).